The summed E-state index contributed by atoms with van der Waals surface area (Å²) in [6.07, 6.45) is 6.30. The molecule has 90 valence electrons. The number of allylic oxidation sites excluding steroid dienone is 1. The molecule has 3 nitrogen and oxygen atoms in total. The number of halogens is 1. The molecule has 0 unspecified atom stereocenters. The van der Waals surface area contributed by atoms with Gasteiger partial charge in [-0.25, -0.2) is 0 Å². The number of hydrogen-bond acceptors (Lipinski definition) is 3. The largest absolute Gasteiger partial charge is 0.362 e. The lowest BCUT2D eigenvalue weighted by Gasteiger charge is -2.00. The molecule has 0 aliphatic carbocycles. The molecule has 1 aromatic heterocycles. The Balaban J connectivity index is 1.96. The van der Waals surface area contributed by atoms with E-state index >= 15 is 0 Å². The summed E-state index contributed by atoms with van der Waals surface area (Å²) in [7, 11) is 0. The first-order valence-electron chi connectivity index (χ1n) is 5.39. The molecular weight excluding hydrogens is 292 g/mol. The Morgan fingerprint density at radius 2 is 2.00 bits per heavy atom. The molecule has 4 heteroatoms. The number of aromatic nitrogens is 1. The number of nitrogens with zero attached hydrogens (tertiary/aromatic N) is 1. The van der Waals surface area contributed by atoms with Crippen LogP contribution in [-0.4, -0.2) is 10.8 Å². The second-order valence-corrected chi connectivity index (χ2v) is 4.51. The first kappa shape index (κ1) is 12.5. The molecule has 0 saturated heterocycles. The van der Waals surface area contributed by atoms with Gasteiger partial charge in [-0.2, -0.15) is 0 Å². The zero-order chi connectivity index (χ0) is 12.8. The third-order valence-electron chi connectivity index (χ3n) is 2.27. The second kappa shape index (κ2) is 6.12. The van der Waals surface area contributed by atoms with Crippen LogP contribution in [0.2, 0.25) is 0 Å². The lowest BCUT2D eigenvalue weighted by molar-refractivity contribution is 0.104. The van der Waals surface area contributed by atoms with E-state index in [1.54, 1.807) is 30.7 Å². The van der Waals surface area contributed by atoms with Crippen molar-refractivity contribution in [3.8, 4) is 0 Å². The molecule has 0 aliphatic rings. The van der Waals surface area contributed by atoms with Crippen LogP contribution >= 0.6 is 15.9 Å². The maximum atomic E-state index is 11.7. The lowest BCUT2D eigenvalue weighted by atomic mass is 10.2. The molecule has 1 aromatic carbocycles. The van der Waals surface area contributed by atoms with E-state index < -0.39 is 0 Å². The smallest absolute Gasteiger partial charge is 0.188 e. The number of rotatable bonds is 4. The van der Waals surface area contributed by atoms with Gasteiger partial charge < -0.3 is 5.32 Å². The van der Waals surface area contributed by atoms with Crippen molar-refractivity contribution >= 4 is 27.4 Å². The summed E-state index contributed by atoms with van der Waals surface area (Å²) in [6.45, 7) is 0. The van der Waals surface area contributed by atoms with Gasteiger partial charge >= 0.3 is 0 Å². The van der Waals surface area contributed by atoms with E-state index in [1.807, 2.05) is 24.3 Å². The van der Waals surface area contributed by atoms with Gasteiger partial charge in [-0.1, -0.05) is 15.9 Å². The fourth-order valence-corrected chi connectivity index (χ4v) is 1.63. The SMILES string of the molecule is O=C(/C=C/Nc1ccc(Br)cc1)c1cccnc1. The molecule has 0 atom stereocenters. The monoisotopic (exact) mass is 302 g/mol. The highest BCUT2D eigenvalue weighted by atomic mass is 79.9. The highest BCUT2D eigenvalue weighted by molar-refractivity contribution is 9.10. The minimum atomic E-state index is -0.0762. The van der Waals surface area contributed by atoms with Crippen molar-refractivity contribution in [3.05, 3.63) is 71.1 Å². The molecule has 0 bridgehead atoms. The van der Waals surface area contributed by atoms with Crippen molar-refractivity contribution in [2.24, 2.45) is 0 Å². The summed E-state index contributed by atoms with van der Waals surface area (Å²) < 4.78 is 1.02. The normalized spacial score (nSPS) is 10.5. The average Bonchev–Trinajstić information content (AvgIpc) is 2.42. The number of carbonyl (C=O) groups excluding carboxylic acids is 1. The molecule has 1 N–H and O–H groups in total. The third-order valence-corrected chi connectivity index (χ3v) is 2.80. The van der Waals surface area contributed by atoms with E-state index in [9.17, 15) is 4.79 Å². The Kier molecular flexibility index (Phi) is 4.25. The zero-order valence-electron chi connectivity index (χ0n) is 9.51. The van der Waals surface area contributed by atoms with Crippen molar-refractivity contribution in [3.63, 3.8) is 0 Å². The summed E-state index contributed by atoms with van der Waals surface area (Å²) in [5.74, 6) is -0.0762. The van der Waals surface area contributed by atoms with Gasteiger partial charge in [0.15, 0.2) is 5.78 Å². The van der Waals surface area contributed by atoms with Gasteiger partial charge in [-0.15, -0.1) is 0 Å². The van der Waals surface area contributed by atoms with E-state index in [0.29, 0.717) is 5.56 Å². The van der Waals surface area contributed by atoms with Crippen LogP contribution in [0, 0.1) is 0 Å². The van der Waals surface area contributed by atoms with Crippen LogP contribution in [0.4, 0.5) is 5.69 Å². The number of carbonyl (C=O) groups is 1. The average molecular weight is 303 g/mol. The molecule has 18 heavy (non-hydrogen) atoms. The summed E-state index contributed by atoms with van der Waals surface area (Å²) in [6, 6.07) is 11.2. The molecule has 0 spiro atoms. The van der Waals surface area contributed by atoms with Crippen LogP contribution in [0.15, 0.2) is 65.5 Å². The number of hydrogen-bond donors (Lipinski definition) is 1. The van der Waals surface area contributed by atoms with Gasteiger partial charge in [0.25, 0.3) is 0 Å². The first-order valence-corrected chi connectivity index (χ1v) is 6.18. The molecule has 2 aromatic rings. The predicted molar refractivity (Wildman–Crippen MR) is 75.5 cm³/mol. The van der Waals surface area contributed by atoms with Crippen molar-refractivity contribution in [2.45, 2.75) is 0 Å². The van der Waals surface area contributed by atoms with E-state index in [-0.39, 0.29) is 5.78 Å². The fraction of sp³-hybridized carbons (Fsp3) is 0. The van der Waals surface area contributed by atoms with Crippen LogP contribution in [0.1, 0.15) is 10.4 Å². The number of anilines is 1. The standard InChI is InChI=1S/C14H11BrN2O/c15-12-3-5-13(6-4-12)17-9-7-14(18)11-2-1-8-16-10-11/h1-10,17H/b9-7+. The van der Waals surface area contributed by atoms with E-state index in [1.165, 1.54) is 6.08 Å². The maximum absolute atomic E-state index is 11.7. The second-order valence-electron chi connectivity index (χ2n) is 3.59. The van der Waals surface area contributed by atoms with Gasteiger partial charge in [0, 0.05) is 40.4 Å². The molecule has 0 fully saturated rings. The number of pyridine rings is 1. The fourth-order valence-electron chi connectivity index (χ4n) is 1.36. The van der Waals surface area contributed by atoms with Gasteiger partial charge in [0.2, 0.25) is 0 Å². The Hall–Kier alpha value is -1.94. The van der Waals surface area contributed by atoms with Crippen LogP contribution in [0.25, 0.3) is 0 Å². The number of nitrogens with one attached hydrogen (secondary N) is 1. The van der Waals surface area contributed by atoms with Gasteiger partial charge in [-0.05, 0) is 36.4 Å². The van der Waals surface area contributed by atoms with Crippen LogP contribution < -0.4 is 5.32 Å². The first-order chi connectivity index (χ1) is 8.75. The molecule has 0 radical (unpaired) electrons. The number of benzene rings is 1. The van der Waals surface area contributed by atoms with Gasteiger partial charge in [0.05, 0.1) is 0 Å². The van der Waals surface area contributed by atoms with Crippen molar-refractivity contribution < 1.29 is 4.79 Å². The van der Waals surface area contributed by atoms with Crippen LogP contribution in [0.3, 0.4) is 0 Å². The third kappa shape index (κ3) is 3.53. The van der Waals surface area contributed by atoms with E-state index in [4.69, 9.17) is 0 Å². The van der Waals surface area contributed by atoms with Gasteiger partial charge in [0.1, 0.15) is 0 Å². The lowest BCUT2D eigenvalue weighted by Crippen LogP contribution is -1.96. The highest BCUT2D eigenvalue weighted by Crippen LogP contribution is 2.13. The molecule has 2 rings (SSSR count). The molecule has 0 aliphatic heterocycles. The van der Waals surface area contributed by atoms with E-state index in [2.05, 4.69) is 26.2 Å². The van der Waals surface area contributed by atoms with Crippen LogP contribution in [-0.2, 0) is 0 Å². The predicted octanol–water partition coefficient (Wildman–Crippen LogP) is 3.65. The Morgan fingerprint density at radius 3 is 2.67 bits per heavy atom. The van der Waals surface area contributed by atoms with Crippen molar-refractivity contribution in [2.75, 3.05) is 5.32 Å². The van der Waals surface area contributed by atoms with E-state index in [0.717, 1.165) is 10.2 Å². The number of ketones is 1. The maximum Gasteiger partial charge on any atom is 0.188 e. The summed E-state index contributed by atoms with van der Waals surface area (Å²) >= 11 is 3.36. The Bertz CT molecular complexity index is 550. The Morgan fingerprint density at radius 1 is 1.22 bits per heavy atom. The quantitative estimate of drug-likeness (QED) is 0.692. The molecular formula is C14H11BrN2O. The van der Waals surface area contributed by atoms with Gasteiger partial charge in [-0.3, -0.25) is 9.78 Å². The van der Waals surface area contributed by atoms with Crippen LogP contribution in [0.5, 0.6) is 0 Å². The summed E-state index contributed by atoms with van der Waals surface area (Å²) in [5, 5.41) is 3.03. The molecule has 0 saturated carbocycles. The summed E-state index contributed by atoms with van der Waals surface area (Å²) in [4.78, 5) is 15.6. The molecule has 0 amide bonds. The molecule has 1 heterocycles. The topological polar surface area (TPSA) is 42.0 Å². The minimum absolute atomic E-state index is 0.0762. The van der Waals surface area contributed by atoms with Crippen molar-refractivity contribution in [1.29, 1.82) is 0 Å². The minimum Gasteiger partial charge on any atom is -0.362 e. The van der Waals surface area contributed by atoms with Crippen molar-refractivity contribution in [1.82, 2.24) is 4.98 Å². The highest BCUT2D eigenvalue weighted by Gasteiger charge is 1.99. The summed E-state index contributed by atoms with van der Waals surface area (Å²) in [5.41, 5.74) is 1.50. The zero-order valence-corrected chi connectivity index (χ0v) is 11.1. The Labute approximate surface area is 114 Å².